The molecule has 2 aromatic carbocycles. The lowest BCUT2D eigenvalue weighted by Gasteiger charge is -2.49. The third-order valence-corrected chi connectivity index (χ3v) is 6.90. The maximum atomic E-state index is 12.9. The summed E-state index contributed by atoms with van der Waals surface area (Å²) in [6.07, 6.45) is 5.51. The second kappa shape index (κ2) is 7.93. The number of fused-ring (bicyclic) bond motifs is 4. The van der Waals surface area contributed by atoms with Gasteiger partial charge in [-0.05, 0) is 56.4 Å². The molecule has 1 aliphatic heterocycles. The fourth-order valence-corrected chi connectivity index (χ4v) is 5.14. The molecule has 33 heavy (non-hydrogen) atoms. The van der Waals surface area contributed by atoms with Gasteiger partial charge in [0.15, 0.2) is 5.43 Å². The van der Waals surface area contributed by atoms with Crippen molar-refractivity contribution in [2.75, 3.05) is 13.7 Å². The summed E-state index contributed by atoms with van der Waals surface area (Å²) in [5.74, 6) is 0.0496. The van der Waals surface area contributed by atoms with Crippen molar-refractivity contribution in [2.45, 2.75) is 38.1 Å². The van der Waals surface area contributed by atoms with E-state index in [1.54, 1.807) is 32.4 Å². The van der Waals surface area contributed by atoms with Crippen molar-refractivity contribution >= 4 is 5.97 Å². The molecule has 6 nitrogen and oxygen atoms in total. The monoisotopic (exact) mass is 440 g/mol. The van der Waals surface area contributed by atoms with Gasteiger partial charge in [-0.15, -0.1) is 0 Å². The van der Waals surface area contributed by atoms with Crippen LogP contribution in [0.25, 0.3) is 22.4 Å². The summed E-state index contributed by atoms with van der Waals surface area (Å²) in [6.45, 7) is 1.95. The number of nitriles is 1. The first-order valence-electron chi connectivity index (χ1n) is 11.2. The van der Waals surface area contributed by atoms with Gasteiger partial charge in [0.1, 0.15) is 11.3 Å². The molecular weight excluding hydrogens is 416 g/mol. The largest absolute Gasteiger partial charge is 0.496 e. The van der Waals surface area contributed by atoms with Gasteiger partial charge in [0.05, 0.1) is 31.0 Å². The molecule has 0 unspecified atom stereocenters. The number of hydrogen-bond acceptors (Lipinski definition) is 5. The van der Waals surface area contributed by atoms with Crippen LogP contribution in [0.5, 0.6) is 5.75 Å². The van der Waals surface area contributed by atoms with Crippen LogP contribution in [0.3, 0.4) is 0 Å². The molecule has 1 saturated carbocycles. The summed E-state index contributed by atoms with van der Waals surface area (Å²) in [5, 5.41) is 9.62. The van der Waals surface area contributed by atoms with Crippen molar-refractivity contribution in [2.24, 2.45) is 0 Å². The van der Waals surface area contributed by atoms with Crippen molar-refractivity contribution in [1.29, 1.82) is 5.26 Å². The van der Waals surface area contributed by atoms with Crippen LogP contribution >= 0.6 is 0 Å². The molecule has 1 aliphatic carbocycles. The van der Waals surface area contributed by atoms with Gasteiger partial charge >= 0.3 is 5.97 Å². The number of pyridine rings is 1. The Hall–Kier alpha value is -3.85. The quantitative estimate of drug-likeness (QED) is 0.551. The molecule has 1 aromatic heterocycles. The summed E-state index contributed by atoms with van der Waals surface area (Å²) >= 11 is 0. The highest BCUT2D eigenvalue weighted by Crippen LogP contribution is 2.50. The number of methoxy groups -OCH3 is 1. The number of carbonyl (C=O) groups is 1. The van der Waals surface area contributed by atoms with Gasteiger partial charge in [-0.2, -0.15) is 5.26 Å². The first-order valence-corrected chi connectivity index (χ1v) is 11.2. The SMILES string of the molecule is CCOC(=O)c1cn2c(cc1=O)-c1cc(OC)c(-c3ccccc3C#N)cc1CC21CCC1. The Morgan fingerprint density at radius 2 is 1.94 bits per heavy atom. The highest BCUT2D eigenvalue weighted by molar-refractivity contribution is 5.90. The Balaban J connectivity index is 1.74. The molecule has 1 fully saturated rings. The Kier molecular flexibility index (Phi) is 5.05. The first-order chi connectivity index (χ1) is 16.0. The van der Waals surface area contributed by atoms with Gasteiger partial charge < -0.3 is 14.0 Å². The number of aromatic nitrogens is 1. The van der Waals surface area contributed by atoms with E-state index in [-0.39, 0.29) is 23.1 Å². The molecule has 5 rings (SSSR count). The summed E-state index contributed by atoms with van der Waals surface area (Å²) in [4.78, 5) is 25.3. The predicted molar refractivity (Wildman–Crippen MR) is 124 cm³/mol. The third kappa shape index (κ3) is 3.23. The molecule has 166 valence electrons. The summed E-state index contributed by atoms with van der Waals surface area (Å²) < 4.78 is 12.9. The highest BCUT2D eigenvalue weighted by atomic mass is 16.5. The van der Waals surface area contributed by atoms with E-state index in [4.69, 9.17) is 9.47 Å². The van der Waals surface area contributed by atoms with Crippen LogP contribution in [-0.4, -0.2) is 24.3 Å². The Morgan fingerprint density at radius 1 is 1.15 bits per heavy atom. The zero-order valence-corrected chi connectivity index (χ0v) is 18.7. The van der Waals surface area contributed by atoms with Crippen molar-refractivity contribution in [3.8, 4) is 34.2 Å². The Bertz CT molecular complexity index is 1380. The molecule has 0 radical (unpaired) electrons. The molecular formula is C27H24N2O4. The second-order valence-electron chi connectivity index (χ2n) is 8.65. The number of carbonyl (C=O) groups excluding carboxylic acids is 1. The number of benzene rings is 2. The summed E-state index contributed by atoms with van der Waals surface area (Å²) in [6, 6.07) is 15.3. The molecule has 1 spiro atoms. The van der Waals surface area contributed by atoms with Crippen LogP contribution in [-0.2, 0) is 16.7 Å². The predicted octanol–water partition coefficient (Wildman–Crippen LogP) is 4.67. The van der Waals surface area contributed by atoms with Crippen LogP contribution in [0.4, 0.5) is 0 Å². The molecule has 0 bridgehead atoms. The van der Waals surface area contributed by atoms with E-state index >= 15 is 0 Å². The summed E-state index contributed by atoms with van der Waals surface area (Å²) in [7, 11) is 1.60. The zero-order valence-electron chi connectivity index (χ0n) is 18.7. The number of esters is 1. The molecule has 2 heterocycles. The van der Waals surface area contributed by atoms with Gasteiger partial charge in [-0.25, -0.2) is 4.79 Å². The molecule has 6 heteroatoms. The average Bonchev–Trinajstić information content (AvgIpc) is 2.81. The van der Waals surface area contributed by atoms with Gasteiger partial charge in [-0.3, -0.25) is 4.79 Å². The van der Waals surface area contributed by atoms with Crippen LogP contribution < -0.4 is 10.2 Å². The molecule has 0 atom stereocenters. The van der Waals surface area contributed by atoms with E-state index in [1.807, 2.05) is 24.3 Å². The standard InChI is InChI=1S/C27H24N2O4/c1-3-33-26(31)22-16-29-23(13-24(22)30)20-12-25(32-2)21(19-8-5-4-7-17(19)15-28)11-18(20)14-27(29)9-6-10-27/h4-5,7-8,11-13,16H,3,6,9-10,14H2,1-2H3. The van der Waals surface area contributed by atoms with Crippen molar-refractivity contribution in [3.63, 3.8) is 0 Å². The lowest BCUT2D eigenvalue weighted by Crippen LogP contribution is -2.46. The van der Waals surface area contributed by atoms with Crippen molar-refractivity contribution < 1.29 is 14.3 Å². The van der Waals surface area contributed by atoms with E-state index in [2.05, 4.69) is 16.7 Å². The Morgan fingerprint density at radius 3 is 2.61 bits per heavy atom. The maximum absolute atomic E-state index is 12.9. The minimum atomic E-state index is -0.584. The van der Waals surface area contributed by atoms with E-state index in [0.717, 1.165) is 53.6 Å². The van der Waals surface area contributed by atoms with Gasteiger partial charge in [0.25, 0.3) is 0 Å². The van der Waals surface area contributed by atoms with E-state index in [1.165, 1.54) is 0 Å². The lowest BCUT2D eigenvalue weighted by molar-refractivity contribution is 0.0521. The van der Waals surface area contributed by atoms with E-state index < -0.39 is 5.97 Å². The van der Waals surface area contributed by atoms with E-state index in [0.29, 0.717) is 11.3 Å². The van der Waals surface area contributed by atoms with Gasteiger partial charge in [0, 0.05) is 34.5 Å². The number of rotatable bonds is 4. The molecule has 0 amide bonds. The van der Waals surface area contributed by atoms with Crippen molar-refractivity contribution in [3.05, 3.63) is 75.6 Å². The Labute approximate surface area is 192 Å². The van der Waals surface area contributed by atoms with Crippen LogP contribution in [0, 0.1) is 11.3 Å². The third-order valence-electron chi connectivity index (χ3n) is 6.90. The smallest absolute Gasteiger partial charge is 0.343 e. The van der Waals surface area contributed by atoms with Gasteiger partial charge in [0.2, 0.25) is 0 Å². The van der Waals surface area contributed by atoms with Crippen LogP contribution in [0.15, 0.2) is 53.5 Å². The normalized spacial score (nSPS) is 15.1. The average molecular weight is 440 g/mol. The van der Waals surface area contributed by atoms with Gasteiger partial charge in [-0.1, -0.05) is 18.2 Å². The van der Waals surface area contributed by atoms with Crippen LogP contribution in [0.1, 0.15) is 47.7 Å². The molecule has 3 aromatic rings. The highest BCUT2D eigenvalue weighted by Gasteiger charge is 2.43. The number of hydrogen-bond donors (Lipinski definition) is 0. The molecule has 2 aliphatic rings. The molecule has 0 saturated heterocycles. The second-order valence-corrected chi connectivity index (χ2v) is 8.65. The van der Waals surface area contributed by atoms with E-state index in [9.17, 15) is 14.9 Å². The number of nitrogens with zero attached hydrogens (tertiary/aromatic N) is 2. The maximum Gasteiger partial charge on any atom is 0.343 e. The van der Waals surface area contributed by atoms with Crippen molar-refractivity contribution in [1.82, 2.24) is 4.57 Å². The topological polar surface area (TPSA) is 81.3 Å². The first kappa shape index (κ1) is 21.0. The molecule has 0 N–H and O–H groups in total. The minimum Gasteiger partial charge on any atom is -0.496 e. The summed E-state index contributed by atoms with van der Waals surface area (Å²) in [5.41, 5.74) is 4.63. The lowest BCUT2D eigenvalue weighted by atomic mass is 9.69. The fraction of sp³-hybridized carbons (Fsp3) is 0.296. The number of ether oxygens (including phenoxy) is 2. The fourth-order valence-electron chi connectivity index (χ4n) is 5.14. The zero-order chi connectivity index (χ0) is 23.2. The minimum absolute atomic E-state index is 0.0712. The van der Waals surface area contributed by atoms with Crippen LogP contribution in [0.2, 0.25) is 0 Å².